The molecular weight excluding hydrogens is 270 g/mol. The highest BCUT2D eigenvalue weighted by Crippen LogP contribution is 2.25. The minimum absolute atomic E-state index is 0.0434. The van der Waals surface area contributed by atoms with E-state index in [1.807, 2.05) is 24.4 Å². The fraction of sp³-hybridized carbons (Fsp3) is 0.368. The second-order valence-corrected chi connectivity index (χ2v) is 6.79. The molecule has 0 aliphatic carbocycles. The van der Waals surface area contributed by atoms with Gasteiger partial charge in [0, 0.05) is 18.3 Å². The van der Waals surface area contributed by atoms with Crippen molar-refractivity contribution in [2.24, 2.45) is 4.99 Å². The molecule has 2 aromatic rings. The molecule has 114 valence electrons. The molecular formula is C19H23N3. The number of hydrogen-bond acceptors (Lipinski definition) is 3. The van der Waals surface area contributed by atoms with Crippen molar-refractivity contribution < 1.29 is 0 Å². The number of benzene rings is 1. The van der Waals surface area contributed by atoms with Crippen LogP contribution in [0.15, 0.2) is 59.7 Å². The summed E-state index contributed by atoms with van der Waals surface area (Å²) in [5.74, 6) is 1.02. The van der Waals surface area contributed by atoms with Crippen molar-refractivity contribution in [3.8, 4) is 0 Å². The van der Waals surface area contributed by atoms with Crippen LogP contribution in [-0.4, -0.2) is 33.8 Å². The number of hydrogen-bond donors (Lipinski definition) is 0. The molecule has 1 aromatic heterocycles. The van der Waals surface area contributed by atoms with Gasteiger partial charge in [-0.25, -0.2) is 0 Å². The molecule has 0 spiro atoms. The number of rotatable bonds is 3. The molecule has 22 heavy (non-hydrogen) atoms. The third kappa shape index (κ3) is 3.19. The van der Waals surface area contributed by atoms with Crippen LogP contribution in [0.25, 0.3) is 0 Å². The molecule has 0 unspecified atom stereocenters. The van der Waals surface area contributed by atoms with Gasteiger partial charge in [-0.15, -0.1) is 0 Å². The van der Waals surface area contributed by atoms with Crippen LogP contribution in [0, 0.1) is 0 Å². The normalized spacial score (nSPS) is 18.4. The molecule has 0 N–H and O–H groups in total. The molecule has 3 rings (SSSR count). The van der Waals surface area contributed by atoms with Crippen molar-refractivity contribution in [2.45, 2.75) is 38.8 Å². The summed E-state index contributed by atoms with van der Waals surface area (Å²) in [5, 5.41) is 0. The van der Waals surface area contributed by atoms with Gasteiger partial charge in [-0.2, -0.15) is 0 Å². The van der Waals surface area contributed by atoms with E-state index < -0.39 is 0 Å². The summed E-state index contributed by atoms with van der Waals surface area (Å²) < 4.78 is 0. The van der Waals surface area contributed by atoms with Gasteiger partial charge in [-0.3, -0.25) is 9.98 Å². The lowest BCUT2D eigenvalue weighted by Gasteiger charge is -2.34. The van der Waals surface area contributed by atoms with Crippen LogP contribution < -0.4 is 0 Å². The van der Waals surface area contributed by atoms with Gasteiger partial charge < -0.3 is 4.90 Å². The lowest BCUT2D eigenvalue weighted by Crippen LogP contribution is -2.45. The van der Waals surface area contributed by atoms with Gasteiger partial charge in [-0.05, 0) is 44.9 Å². The number of amidine groups is 1. The molecule has 1 aliphatic rings. The third-order valence-electron chi connectivity index (χ3n) is 3.97. The highest BCUT2D eigenvalue weighted by atomic mass is 15.3. The zero-order valence-corrected chi connectivity index (χ0v) is 13.5. The molecule has 0 saturated carbocycles. The van der Waals surface area contributed by atoms with E-state index in [0.29, 0.717) is 6.04 Å². The summed E-state index contributed by atoms with van der Waals surface area (Å²) in [5.41, 5.74) is 2.35. The zero-order chi connectivity index (χ0) is 15.6. The Bertz CT molecular complexity index is 641. The summed E-state index contributed by atoms with van der Waals surface area (Å²) >= 11 is 0. The smallest absolute Gasteiger partial charge is 0.150 e. The van der Waals surface area contributed by atoms with E-state index in [4.69, 9.17) is 4.99 Å². The maximum Gasteiger partial charge on any atom is 0.150 e. The molecule has 3 nitrogen and oxygen atoms in total. The van der Waals surface area contributed by atoms with Crippen LogP contribution in [0.2, 0.25) is 0 Å². The van der Waals surface area contributed by atoms with Gasteiger partial charge >= 0.3 is 0 Å². The average molecular weight is 293 g/mol. The summed E-state index contributed by atoms with van der Waals surface area (Å²) in [6, 6.07) is 16.9. The molecule has 0 saturated heterocycles. The summed E-state index contributed by atoms with van der Waals surface area (Å²) in [6.45, 7) is 7.65. The van der Waals surface area contributed by atoms with Crippen LogP contribution in [0.3, 0.4) is 0 Å². The fourth-order valence-corrected chi connectivity index (χ4v) is 2.87. The molecule has 0 bridgehead atoms. The summed E-state index contributed by atoms with van der Waals surface area (Å²) in [4.78, 5) is 11.9. The van der Waals surface area contributed by atoms with E-state index >= 15 is 0 Å². The van der Waals surface area contributed by atoms with E-state index in [1.54, 1.807) is 0 Å². The lowest BCUT2D eigenvalue weighted by atomic mass is 10.0. The van der Waals surface area contributed by atoms with Gasteiger partial charge in [0.25, 0.3) is 0 Å². The fourth-order valence-electron chi connectivity index (χ4n) is 2.87. The van der Waals surface area contributed by atoms with Crippen LogP contribution in [0.1, 0.15) is 32.0 Å². The van der Waals surface area contributed by atoms with Crippen molar-refractivity contribution >= 4 is 5.84 Å². The van der Waals surface area contributed by atoms with Crippen molar-refractivity contribution in [1.29, 1.82) is 0 Å². The molecule has 0 amide bonds. The van der Waals surface area contributed by atoms with E-state index in [-0.39, 0.29) is 5.54 Å². The van der Waals surface area contributed by atoms with Gasteiger partial charge in [0.05, 0.1) is 6.04 Å². The second kappa shape index (κ2) is 5.91. The third-order valence-corrected chi connectivity index (χ3v) is 3.97. The Morgan fingerprint density at radius 3 is 2.41 bits per heavy atom. The molecule has 0 radical (unpaired) electrons. The molecule has 1 aromatic carbocycles. The molecule has 0 fully saturated rings. The molecule has 1 aliphatic heterocycles. The van der Waals surface area contributed by atoms with Crippen LogP contribution in [0.4, 0.5) is 0 Å². The first kappa shape index (κ1) is 14.8. The predicted molar refractivity (Wildman–Crippen MR) is 91.2 cm³/mol. The monoisotopic (exact) mass is 293 g/mol. The Kier molecular flexibility index (Phi) is 3.97. The van der Waals surface area contributed by atoms with Gasteiger partial charge in [0.15, 0.2) is 5.84 Å². The maximum absolute atomic E-state index is 4.98. The van der Waals surface area contributed by atoms with Gasteiger partial charge in [0.2, 0.25) is 0 Å². The Hall–Kier alpha value is -2.16. The van der Waals surface area contributed by atoms with Crippen molar-refractivity contribution in [3.63, 3.8) is 0 Å². The van der Waals surface area contributed by atoms with Gasteiger partial charge in [0.1, 0.15) is 5.69 Å². The van der Waals surface area contributed by atoms with Crippen molar-refractivity contribution in [2.75, 3.05) is 6.54 Å². The van der Waals surface area contributed by atoms with Crippen LogP contribution in [-0.2, 0) is 6.42 Å². The maximum atomic E-state index is 4.98. The first-order chi connectivity index (χ1) is 10.5. The van der Waals surface area contributed by atoms with E-state index in [2.05, 4.69) is 61.0 Å². The zero-order valence-electron chi connectivity index (χ0n) is 13.5. The van der Waals surface area contributed by atoms with E-state index in [9.17, 15) is 0 Å². The topological polar surface area (TPSA) is 28.5 Å². The number of aromatic nitrogens is 1. The number of aliphatic imine (C=N–C) groups is 1. The first-order valence-electron chi connectivity index (χ1n) is 7.85. The minimum Gasteiger partial charge on any atom is -0.348 e. The largest absolute Gasteiger partial charge is 0.348 e. The number of pyridine rings is 1. The minimum atomic E-state index is 0.0434. The Morgan fingerprint density at radius 2 is 1.77 bits per heavy atom. The second-order valence-electron chi connectivity index (χ2n) is 6.79. The highest BCUT2D eigenvalue weighted by molar-refractivity contribution is 5.98. The Labute approximate surface area is 132 Å². The molecule has 2 heterocycles. The standard InChI is InChI=1S/C19H23N3/c1-19(2,3)22-14-16(13-15-9-5-4-6-10-15)21-18(22)17-11-7-8-12-20-17/h4-12,16H,13-14H2,1-3H3/t16-/m0/s1. The quantitative estimate of drug-likeness (QED) is 0.865. The molecule has 1 atom stereocenters. The lowest BCUT2D eigenvalue weighted by molar-refractivity contribution is 0.244. The molecule has 3 heteroatoms. The summed E-state index contributed by atoms with van der Waals surface area (Å²) in [7, 11) is 0. The Morgan fingerprint density at radius 1 is 1.05 bits per heavy atom. The SMILES string of the molecule is CC(C)(C)N1C[C@H](Cc2ccccc2)N=C1c1ccccn1. The van der Waals surface area contributed by atoms with Crippen LogP contribution >= 0.6 is 0 Å². The van der Waals surface area contributed by atoms with Crippen molar-refractivity contribution in [3.05, 3.63) is 66.0 Å². The highest BCUT2D eigenvalue weighted by Gasteiger charge is 2.33. The first-order valence-corrected chi connectivity index (χ1v) is 7.85. The van der Waals surface area contributed by atoms with E-state index in [1.165, 1.54) is 5.56 Å². The Balaban J connectivity index is 1.87. The van der Waals surface area contributed by atoms with Crippen molar-refractivity contribution in [1.82, 2.24) is 9.88 Å². The van der Waals surface area contributed by atoms with Gasteiger partial charge in [-0.1, -0.05) is 36.4 Å². The van der Waals surface area contributed by atoms with Crippen LogP contribution in [0.5, 0.6) is 0 Å². The predicted octanol–water partition coefficient (Wildman–Crippen LogP) is 3.55. The van der Waals surface area contributed by atoms with E-state index in [0.717, 1.165) is 24.5 Å². The number of nitrogens with zero attached hydrogens (tertiary/aromatic N) is 3. The summed E-state index contributed by atoms with van der Waals surface area (Å²) in [6.07, 6.45) is 2.81. The average Bonchev–Trinajstić information content (AvgIpc) is 2.93.